The topological polar surface area (TPSA) is 61.0 Å². The van der Waals surface area contributed by atoms with Gasteiger partial charge < -0.3 is 10.5 Å². The second-order valence-electron chi connectivity index (χ2n) is 3.34. The van der Waals surface area contributed by atoms with Crippen LogP contribution in [0.3, 0.4) is 0 Å². The minimum atomic E-state index is 0.435. The Morgan fingerprint density at radius 3 is 2.92 bits per heavy atom. The van der Waals surface area contributed by atoms with Crippen LogP contribution in [0.2, 0.25) is 0 Å². The van der Waals surface area contributed by atoms with Crippen LogP contribution in [0, 0.1) is 0 Å². The highest BCUT2D eigenvalue weighted by atomic mass is 16.5. The molecule has 0 bridgehead atoms. The van der Waals surface area contributed by atoms with E-state index in [4.69, 9.17) is 10.5 Å². The highest BCUT2D eigenvalue weighted by molar-refractivity contribution is 5.32. The lowest BCUT2D eigenvalue weighted by atomic mass is 10.3. The summed E-state index contributed by atoms with van der Waals surface area (Å²) in [7, 11) is 1.63. The van der Waals surface area contributed by atoms with Gasteiger partial charge in [0.25, 0.3) is 0 Å². The van der Waals surface area contributed by atoms with Gasteiger partial charge in [-0.05, 0) is 12.8 Å². The summed E-state index contributed by atoms with van der Waals surface area (Å²) in [6.07, 6.45) is 2.45. The standard InChI is InChI=1S/C9H13N3O/c1-13-5-9-11-7(6-2-3-6)4-8(10)12-9/h4,6H,2-3,5H2,1H3,(H2,10,11,12). The Balaban J connectivity index is 2.25. The summed E-state index contributed by atoms with van der Waals surface area (Å²) in [6.45, 7) is 0.435. The molecule has 0 amide bonds. The molecule has 1 aromatic rings. The molecule has 2 N–H and O–H groups in total. The van der Waals surface area contributed by atoms with E-state index in [2.05, 4.69) is 9.97 Å². The van der Waals surface area contributed by atoms with E-state index in [0.29, 0.717) is 24.2 Å². The van der Waals surface area contributed by atoms with Gasteiger partial charge in [0.15, 0.2) is 5.82 Å². The molecule has 4 heteroatoms. The molecule has 0 aliphatic heterocycles. The van der Waals surface area contributed by atoms with Gasteiger partial charge in [-0.3, -0.25) is 0 Å². The van der Waals surface area contributed by atoms with E-state index in [9.17, 15) is 0 Å². The lowest BCUT2D eigenvalue weighted by Gasteiger charge is -2.03. The maximum Gasteiger partial charge on any atom is 0.156 e. The van der Waals surface area contributed by atoms with Crippen LogP contribution in [-0.2, 0) is 11.3 Å². The molecule has 13 heavy (non-hydrogen) atoms. The summed E-state index contributed by atoms with van der Waals surface area (Å²) >= 11 is 0. The van der Waals surface area contributed by atoms with E-state index in [1.165, 1.54) is 12.8 Å². The summed E-state index contributed by atoms with van der Waals surface area (Å²) in [4.78, 5) is 8.44. The number of anilines is 1. The molecule has 1 aliphatic rings. The van der Waals surface area contributed by atoms with E-state index in [-0.39, 0.29) is 0 Å². The zero-order chi connectivity index (χ0) is 9.26. The molecule has 1 heterocycles. The van der Waals surface area contributed by atoms with E-state index in [1.54, 1.807) is 7.11 Å². The highest BCUT2D eigenvalue weighted by Gasteiger charge is 2.25. The average Bonchev–Trinajstić information content (AvgIpc) is 2.85. The molecule has 4 nitrogen and oxygen atoms in total. The molecular weight excluding hydrogens is 166 g/mol. The third-order valence-electron chi connectivity index (χ3n) is 2.08. The fraction of sp³-hybridized carbons (Fsp3) is 0.556. The minimum absolute atomic E-state index is 0.435. The number of nitrogens with two attached hydrogens (primary N) is 1. The lowest BCUT2D eigenvalue weighted by Crippen LogP contribution is -2.03. The Morgan fingerprint density at radius 1 is 1.54 bits per heavy atom. The SMILES string of the molecule is COCc1nc(N)cc(C2CC2)n1. The van der Waals surface area contributed by atoms with Gasteiger partial charge in [-0.15, -0.1) is 0 Å². The zero-order valence-corrected chi connectivity index (χ0v) is 7.66. The van der Waals surface area contributed by atoms with E-state index < -0.39 is 0 Å². The predicted molar refractivity (Wildman–Crippen MR) is 49.1 cm³/mol. The van der Waals surface area contributed by atoms with E-state index in [0.717, 1.165) is 5.69 Å². The van der Waals surface area contributed by atoms with Crippen molar-refractivity contribution in [2.45, 2.75) is 25.4 Å². The van der Waals surface area contributed by atoms with Crippen molar-refractivity contribution in [3.05, 3.63) is 17.6 Å². The summed E-state index contributed by atoms with van der Waals surface area (Å²) in [5.74, 6) is 1.84. The Bertz CT molecular complexity index is 310. The summed E-state index contributed by atoms with van der Waals surface area (Å²) < 4.78 is 4.96. The first-order valence-corrected chi connectivity index (χ1v) is 4.42. The van der Waals surface area contributed by atoms with Crippen molar-refractivity contribution in [2.75, 3.05) is 12.8 Å². The zero-order valence-electron chi connectivity index (χ0n) is 7.66. The van der Waals surface area contributed by atoms with Crippen molar-refractivity contribution in [2.24, 2.45) is 0 Å². The monoisotopic (exact) mass is 179 g/mol. The Kier molecular flexibility index (Phi) is 2.14. The lowest BCUT2D eigenvalue weighted by molar-refractivity contribution is 0.177. The summed E-state index contributed by atoms with van der Waals surface area (Å²) in [5, 5.41) is 0. The molecule has 0 radical (unpaired) electrons. The van der Waals surface area contributed by atoms with Gasteiger partial charge in [0.1, 0.15) is 12.4 Å². The largest absolute Gasteiger partial charge is 0.384 e. The van der Waals surface area contributed by atoms with Crippen molar-refractivity contribution >= 4 is 5.82 Å². The Labute approximate surface area is 77.1 Å². The van der Waals surface area contributed by atoms with E-state index in [1.807, 2.05) is 6.07 Å². The Morgan fingerprint density at radius 2 is 2.31 bits per heavy atom. The molecule has 2 rings (SSSR count). The van der Waals surface area contributed by atoms with Crippen LogP contribution in [0.1, 0.15) is 30.3 Å². The van der Waals surface area contributed by atoms with Gasteiger partial charge in [-0.25, -0.2) is 9.97 Å². The summed E-state index contributed by atoms with van der Waals surface area (Å²) in [5.41, 5.74) is 6.72. The van der Waals surface area contributed by atoms with Crippen molar-refractivity contribution in [3.63, 3.8) is 0 Å². The second kappa shape index (κ2) is 3.30. The van der Waals surface area contributed by atoms with Gasteiger partial charge in [-0.1, -0.05) is 0 Å². The molecule has 0 atom stereocenters. The number of hydrogen-bond donors (Lipinski definition) is 1. The fourth-order valence-electron chi connectivity index (χ4n) is 1.32. The number of nitrogens with zero attached hydrogens (tertiary/aromatic N) is 2. The van der Waals surface area contributed by atoms with Gasteiger partial charge in [0, 0.05) is 24.8 Å². The van der Waals surface area contributed by atoms with Crippen LogP contribution in [0.4, 0.5) is 5.82 Å². The fourth-order valence-corrected chi connectivity index (χ4v) is 1.32. The maximum atomic E-state index is 5.65. The van der Waals surface area contributed by atoms with Crippen LogP contribution < -0.4 is 5.73 Å². The maximum absolute atomic E-state index is 5.65. The number of hydrogen-bond acceptors (Lipinski definition) is 4. The predicted octanol–water partition coefficient (Wildman–Crippen LogP) is 1.08. The van der Waals surface area contributed by atoms with Crippen molar-refractivity contribution in [1.29, 1.82) is 0 Å². The molecule has 1 aromatic heterocycles. The molecule has 0 aromatic carbocycles. The molecular formula is C9H13N3O. The van der Waals surface area contributed by atoms with Gasteiger partial charge in [-0.2, -0.15) is 0 Å². The first-order chi connectivity index (χ1) is 6.29. The molecule has 1 saturated carbocycles. The smallest absolute Gasteiger partial charge is 0.156 e. The minimum Gasteiger partial charge on any atom is -0.384 e. The number of aromatic nitrogens is 2. The van der Waals surface area contributed by atoms with Crippen molar-refractivity contribution in [3.8, 4) is 0 Å². The Hall–Kier alpha value is -1.16. The number of nitrogen functional groups attached to an aromatic ring is 1. The van der Waals surface area contributed by atoms with Gasteiger partial charge >= 0.3 is 0 Å². The van der Waals surface area contributed by atoms with Crippen molar-refractivity contribution in [1.82, 2.24) is 9.97 Å². The van der Waals surface area contributed by atoms with Crippen LogP contribution in [0.15, 0.2) is 6.07 Å². The summed E-state index contributed by atoms with van der Waals surface area (Å²) in [6, 6.07) is 1.86. The van der Waals surface area contributed by atoms with Gasteiger partial charge in [0.05, 0.1) is 0 Å². The van der Waals surface area contributed by atoms with Gasteiger partial charge in [0.2, 0.25) is 0 Å². The first kappa shape index (κ1) is 8.44. The second-order valence-corrected chi connectivity index (χ2v) is 3.34. The molecule has 0 saturated heterocycles. The van der Waals surface area contributed by atoms with E-state index >= 15 is 0 Å². The number of rotatable bonds is 3. The molecule has 1 aliphatic carbocycles. The molecule has 70 valence electrons. The highest BCUT2D eigenvalue weighted by Crippen LogP contribution is 2.39. The molecule has 0 unspecified atom stereocenters. The quantitative estimate of drug-likeness (QED) is 0.754. The molecule has 0 spiro atoms. The molecule has 1 fully saturated rings. The van der Waals surface area contributed by atoms with Crippen LogP contribution in [0.25, 0.3) is 0 Å². The van der Waals surface area contributed by atoms with Crippen LogP contribution >= 0.6 is 0 Å². The first-order valence-electron chi connectivity index (χ1n) is 4.42. The third-order valence-corrected chi connectivity index (χ3v) is 2.08. The average molecular weight is 179 g/mol. The number of methoxy groups -OCH3 is 1. The van der Waals surface area contributed by atoms with Crippen LogP contribution in [0.5, 0.6) is 0 Å². The number of ether oxygens (including phenoxy) is 1. The van der Waals surface area contributed by atoms with Crippen molar-refractivity contribution < 1.29 is 4.74 Å². The normalized spacial score (nSPS) is 16.1. The van der Waals surface area contributed by atoms with Crippen LogP contribution in [-0.4, -0.2) is 17.1 Å². The third kappa shape index (κ3) is 1.95.